The smallest absolute Gasteiger partial charge is 0.191 e. The van der Waals surface area contributed by atoms with Crippen LogP contribution in [0.4, 0.5) is 0 Å². The molecule has 2 aromatic carbocycles. The lowest BCUT2D eigenvalue weighted by Gasteiger charge is -2.18. The van der Waals surface area contributed by atoms with Crippen molar-refractivity contribution in [3.63, 3.8) is 0 Å². The predicted octanol–water partition coefficient (Wildman–Crippen LogP) is 4.31. The minimum atomic E-state index is 0. The van der Waals surface area contributed by atoms with Gasteiger partial charge in [0.1, 0.15) is 0 Å². The molecule has 5 nitrogen and oxygen atoms in total. The Kier molecular flexibility index (Phi) is 8.75. The summed E-state index contributed by atoms with van der Waals surface area (Å²) in [5.41, 5.74) is 1.11. The molecule has 0 unspecified atom stereocenters. The lowest BCUT2D eigenvalue weighted by atomic mass is 10.2. The summed E-state index contributed by atoms with van der Waals surface area (Å²) in [6.07, 6.45) is 2.46. The van der Waals surface area contributed by atoms with Crippen molar-refractivity contribution in [3.05, 3.63) is 54.1 Å². The third kappa shape index (κ3) is 6.20. The highest BCUT2D eigenvalue weighted by Crippen LogP contribution is 2.51. The van der Waals surface area contributed by atoms with Crippen LogP contribution in [0.15, 0.2) is 58.4 Å². The highest BCUT2D eigenvalue weighted by atomic mass is 127. The van der Waals surface area contributed by atoms with Crippen LogP contribution in [0.1, 0.15) is 18.4 Å². The summed E-state index contributed by atoms with van der Waals surface area (Å²) in [6, 6.07) is 16.5. The van der Waals surface area contributed by atoms with Crippen molar-refractivity contribution in [1.29, 1.82) is 0 Å². The lowest BCUT2D eigenvalue weighted by Crippen LogP contribution is -2.40. The monoisotopic (exact) mass is 513 g/mol. The van der Waals surface area contributed by atoms with Crippen LogP contribution in [0.5, 0.6) is 11.5 Å². The first-order chi connectivity index (χ1) is 13.2. The van der Waals surface area contributed by atoms with Gasteiger partial charge in [-0.1, -0.05) is 24.3 Å². The summed E-state index contributed by atoms with van der Waals surface area (Å²) in [5, 5.41) is 6.85. The molecule has 7 heteroatoms. The average Bonchev–Trinajstić information content (AvgIpc) is 3.48. The number of guanidine groups is 1. The number of rotatable bonds is 8. The molecule has 0 bridgehead atoms. The number of nitrogens with zero attached hydrogens (tertiary/aromatic N) is 1. The van der Waals surface area contributed by atoms with E-state index in [0.29, 0.717) is 6.54 Å². The summed E-state index contributed by atoms with van der Waals surface area (Å²) in [5.74, 6) is 2.28. The predicted molar refractivity (Wildman–Crippen MR) is 127 cm³/mol. The Morgan fingerprint density at radius 3 is 2.36 bits per heavy atom. The van der Waals surface area contributed by atoms with E-state index in [1.807, 2.05) is 30.0 Å². The molecule has 0 atom stereocenters. The molecule has 0 heterocycles. The number of aliphatic imine (C=N–C) groups is 1. The molecule has 28 heavy (non-hydrogen) atoms. The van der Waals surface area contributed by atoms with Gasteiger partial charge < -0.3 is 20.1 Å². The molecule has 1 saturated carbocycles. The zero-order valence-corrected chi connectivity index (χ0v) is 19.7. The molecule has 0 aliphatic heterocycles. The van der Waals surface area contributed by atoms with Crippen LogP contribution < -0.4 is 20.1 Å². The van der Waals surface area contributed by atoms with Crippen molar-refractivity contribution in [2.24, 2.45) is 4.99 Å². The molecule has 0 radical (unpaired) electrons. The van der Waals surface area contributed by atoms with Crippen LogP contribution in [0.2, 0.25) is 0 Å². The maximum atomic E-state index is 5.37. The Labute approximate surface area is 188 Å². The van der Waals surface area contributed by atoms with Crippen LogP contribution in [0.25, 0.3) is 0 Å². The van der Waals surface area contributed by atoms with Gasteiger partial charge in [-0.25, -0.2) is 0 Å². The van der Waals surface area contributed by atoms with Gasteiger partial charge in [0.2, 0.25) is 0 Å². The molecule has 0 spiro atoms. The first-order valence-electron chi connectivity index (χ1n) is 9.07. The van der Waals surface area contributed by atoms with Crippen LogP contribution in [-0.4, -0.2) is 38.5 Å². The number of ether oxygens (including phenoxy) is 2. The van der Waals surface area contributed by atoms with Crippen LogP contribution in [0, 0.1) is 0 Å². The van der Waals surface area contributed by atoms with E-state index in [2.05, 4.69) is 46.0 Å². The molecule has 0 amide bonds. The van der Waals surface area contributed by atoms with E-state index >= 15 is 0 Å². The Bertz CT molecular complexity index is 782. The average molecular weight is 513 g/mol. The molecule has 3 rings (SSSR count). The highest BCUT2D eigenvalue weighted by molar-refractivity contribution is 14.0. The number of hydrogen-bond acceptors (Lipinski definition) is 4. The van der Waals surface area contributed by atoms with E-state index in [1.165, 1.54) is 17.7 Å². The molecule has 2 N–H and O–H groups in total. The zero-order chi connectivity index (χ0) is 19.1. The molecular formula is C21H28IN3O2S. The summed E-state index contributed by atoms with van der Waals surface area (Å²) in [6.45, 7) is 1.57. The third-order valence-corrected chi connectivity index (χ3v) is 6.09. The van der Waals surface area contributed by atoms with E-state index in [9.17, 15) is 0 Å². The molecule has 0 aromatic heterocycles. The molecular weight excluding hydrogens is 485 g/mol. The van der Waals surface area contributed by atoms with E-state index < -0.39 is 0 Å². The fourth-order valence-corrected chi connectivity index (χ4v) is 4.08. The van der Waals surface area contributed by atoms with Crippen molar-refractivity contribution in [1.82, 2.24) is 10.6 Å². The SMILES string of the molecule is CN=C(NCc1ccc(OC)c(OC)c1)NCC1(Sc2ccccc2)CC1.I. The Hall–Kier alpha value is -1.61. The maximum absolute atomic E-state index is 5.37. The summed E-state index contributed by atoms with van der Waals surface area (Å²) >= 11 is 1.96. The van der Waals surface area contributed by atoms with Gasteiger partial charge in [-0.05, 0) is 42.7 Å². The van der Waals surface area contributed by atoms with Gasteiger partial charge in [-0.15, -0.1) is 35.7 Å². The van der Waals surface area contributed by atoms with Crippen molar-refractivity contribution >= 4 is 41.7 Å². The fraction of sp³-hybridized carbons (Fsp3) is 0.381. The standard InChI is InChI=1S/C21H27N3O2S.HI/c1-22-20(23-14-16-9-10-18(25-2)19(13-16)26-3)24-15-21(11-12-21)27-17-7-5-4-6-8-17;/h4-10,13H,11-12,14-15H2,1-3H3,(H2,22,23,24);1H. The molecule has 1 aliphatic carbocycles. The Morgan fingerprint density at radius 1 is 1.04 bits per heavy atom. The third-order valence-electron chi connectivity index (χ3n) is 4.59. The van der Waals surface area contributed by atoms with Crippen molar-refractivity contribution in [2.75, 3.05) is 27.8 Å². The molecule has 152 valence electrons. The Morgan fingerprint density at radius 2 is 1.75 bits per heavy atom. The molecule has 2 aromatic rings. The minimum Gasteiger partial charge on any atom is -0.493 e. The van der Waals surface area contributed by atoms with Crippen LogP contribution in [-0.2, 0) is 6.54 Å². The Balaban J connectivity index is 0.00000280. The first kappa shape index (κ1) is 22.7. The number of benzene rings is 2. The molecule has 0 saturated heterocycles. The summed E-state index contributed by atoms with van der Waals surface area (Å²) in [4.78, 5) is 5.67. The normalized spacial score (nSPS) is 14.6. The molecule has 1 aliphatic rings. The van der Waals surface area contributed by atoms with Gasteiger partial charge in [-0.3, -0.25) is 4.99 Å². The summed E-state index contributed by atoms with van der Waals surface area (Å²) < 4.78 is 10.9. The van der Waals surface area contributed by atoms with Crippen molar-refractivity contribution in [2.45, 2.75) is 29.0 Å². The van der Waals surface area contributed by atoms with E-state index in [-0.39, 0.29) is 28.7 Å². The van der Waals surface area contributed by atoms with Crippen molar-refractivity contribution < 1.29 is 9.47 Å². The van der Waals surface area contributed by atoms with Crippen LogP contribution in [0.3, 0.4) is 0 Å². The first-order valence-corrected chi connectivity index (χ1v) is 9.89. The van der Waals surface area contributed by atoms with Gasteiger partial charge in [0.15, 0.2) is 17.5 Å². The van der Waals surface area contributed by atoms with Crippen molar-refractivity contribution in [3.8, 4) is 11.5 Å². The van der Waals surface area contributed by atoms with Crippen LogP contribution >= 0.6 is 35.7 Å². The molecule has 1 fully saturated rings. The highest BCUT2D eigenvalue weighted by Gasteiger charge is 2.43. The van der Waals surface area contributed by atoms with Gasteiger partial charge >= 0.3 is 0 Å². The topological polar surface area (TPSA) is 54.9 Å². The second kappa shape index (κ2) is 10.8. The largest absolute Gasteiger partial charge is 0.493 e. The van der Waals surface area contributed by atoms with E-state index in [4.69, 9.17) is 9.47 Å². The van der Waals surface area contributed by atoms with E-state index in [0.717, 1.165) is 29.6 Å². The number of nitrogens with one attached hydrogen (secondary N) is 2. The second-order valence-corrected chi connectivity index (χ2v) is 8.11. The lowest BCUT2D eigenvalue weighted by molar-refractivity contribution is 0.354. The fourth-order valence-electron chi connectivity index (χ4n) is 2.83. The maximum Gasteiger partial charge on any atom is 0.191 e. The second-order valence-electron chi connectivity index (χ2n) is 6.57. The number of methoxy groups -OCH3 is 2. The summed E-state index contributed by atoms with van der Waals surface area (Å²) in [7, 11) is 5.09. The number of hydrogen-bond donors (Lipinski definition) is 2. The van der Waals surface area contributed by atoms with Gasteiger partial charge in [-0.2, -0.15) is 0 Å². The van der Waals surface area contributed by atoms with Gasteiger partial charge in [0, 0.05) is 29.8 Å². The minimum absolute atomic E-state index is 0. The van der Waals surface area contributed by atoms with Gasteiger partial charge in [0.05, 0.1) is 14.2 Å². The number of halogens is 1. The van der Waals surface area contributed by atoms with E-state index in [1.54, 1.807) is 21.3 Å². The number of thioether (sulfide) groups is 1. The van der Waals surface area contributed by atoms with Gasteiger partial charge in [0.25, 0.3) is 0 Å². The quantitative estimate of drug-likeness (QED) is 0.313. The zero-order valence-electron chi connectivity index (χ0n) is 16.5.